The molecule has 7 nitrogen and oxygen atoms in total. The molecule has 1 N–H and O–H groups in total. The number of hydrogen-bond donors (Lipinski definition) is 1. The predicted molar refractivity (Wildman–Crippen MR) is 120 cm³/mol. The Kier molecular flexibility index (Phi) is 5.73. The zero-order valence-corrected chi connectivity index (χ0v) is 18.5. The van der Waals surface area contributed by atoms with Gasteiger partial charge in [0.2, 0.25) is 5.91 Å². The van der Waals surface area contributed by atoms with Crippen LogP contribution in [-0.4, -0.2) is 45.7 Å². The van der Waals surface area contributed by atoms with Crippen molar-refractivity contribution in [1.82, 2.24) is 14.5 Å². The average Bonchev–Trinajstić information content (AvgIpc) is 3.11. The van der Waals surface area contributed by atoms with Gasteiger partial charge in [-0.05, 0) is 37.6 Å². The zero-order chi connectivity index (χ0) is 21.4. The zero-order valence-electron chi connectivity index (χ0n) is 17.6. The van der Waals surface area contributed by atoms with E-state index in [0.29, 0.717) is 11.9 Å². The van der Waals surface area contributed by atoms with Crippen LogP contribution in [0.1, 0.15) is 25.6 Å². The van der Waals surface area contributed by atoms with Gasteiger partial charge in [-0.2, -0.15) is 0 Å². The Bertz CT molecular complexity index is 1150. The molecule has 1 aliphatic heterocycles. The van der Waals surface area contributed by atoms with E-state index in [9.17, 15) is 9.59 Å². The molecule has 158 valence electrons. The van der Waals surface area contributed by atoms with Gasteiger partial charge in [0.1, 0.15) is 5.82 Å². The van der Waals surface area contributed by atoms with E-state index in [1.807, 2.05) is 24.4 Å². The van der Waals surface area contributed by atoms with Gasteiger partial charge in [-0.3, -0.25) is 14.5 Å². The molecule has 0 saturated carbocycles. The van der Waals surface area contributed by atoms with Crippen LogP contribution in [0.3, 0.4) is 0 Å². The maximum atomic E-state index is 12.8. The standard InChI is InChI=1S/C22H26N4O3S/c1-13-12-29-14(2)9-26(13)10-17-8-18-21(30-17)19(11-25(4)22(18)28)16-5-6-23-20(7-16)24-15(3)27/h5-8,11,13-14H,9-10,12H2,1-4H3,(H,23,24,27). The van der Waals surface area contributed by atoms with Crippen LogP contribution >= 0.6 is 11.3 Å². The number of anilines is 1. The fourth-order valence-electron chi connectivity index (χ4n) is 3.82. The molecule has 2 atom stereocenters. The van der Waals surface area contributed by atoms with E-state index in [4.69, 9.17) is 4.74 Å². The largest absolute Gasteiger partial charge is 0.376 e. The number of pyridine rings is 2. The van der Waals surface area contributed by atoms with Crippen molar-refractivity contribution in [2.24, 2.45) is 7.05 Å². The molecule has 0 aromatic carbocycles. The number of rotatable bonds is 4. The number of carbonyl (C=O) groups is 1. The van der Waals surface area contributed by atoms with Crippen LogP contribution in [0.4, 0.5) is 5.82 Å². The van der Waals surface area contributed by atoms with Crippen molar-refractivity contribution < 1.29 is 9.53 Å². The Balaban J connectivity index is 1.75. The van der Waals surface area contributed by atoms with Crippen LogP contribution in [0.5, 0.6) is 0 Å². The van der Waals surface area contributed by atoms with E-state index in [0.717, 1.165) is 45.8 Å². The third-order valence-corrected chi connectivity index (χ3v) is 6.53. The third kappa shape index (κ3) is 4.16. The smallest absolute Gasteiger partial charge is 0.259 e. The summed E-state index contributed by atoms with van der Waals surface area (Å²) in [6.07, 6.45) is 3.74. The van der Waals surface area contributed by atoms with Gasteiger partial charge in [0.25, 0.3) is 5.56 Å². The highest BCUT2D eigenvalue weighted by molar-refractivity contribution is 7.19. The van der Waals surface area contributed by atoms with Gasteiger partial charge < -0.3 is 14.6 Å². The second kappa shape index (κ2) is 8.29. The van der Waals surface area contributed by atoms with Crippen molar-refractivity contribution in [1.29, 1.82) is 0 Å². The van der Waals surface area contributed by atoms with E-state index >= 15 is 0 Å². The normalized spacial score (nSPS) is 19.9. The first-order valence-corrected chi connectivity index (χ1v) is 10.8. The second-order valence-corrected chi connectivity index (χ2v) is 9.08. The molecule has 1 aliphatic rings. The van der Waals surface area contributed by atoms with E-state index in [1.165, 1.54) is 6.92 Å². The summed E-state index contributed by atoms with van der Waals surface area (Å²) in [5.74, 6) is 0.326. The van der Waals surface area contributed by atoms with E-state index in [1.54, 1.807) is 29.1 Å². The molecule has 3 aromatic heterocycles. The van der Waals surface area contributed by atoms with Crippen LogP contribution in [0.25, 0.3) is 21.2 Å². The molecule has 3 aromatic rings. The Morgan fingerprint density at radius 2 is 2.17 bits per heavy atom. The number of carbonyl (C=O) groups excluding carboxylic acids is 1. The lowest BCUT2D eigenvalue weighted by atomic mass is 10.1. The van der Waals surface area contributed by atoms with Crippen LogP contribution in [-0.2, 0) is 23.1 Å². The molecular weight excluding hydrogens is 400 g/mol. The molecule has 0 bridgehead atoms. The van der Waals surface area contributed by atoms with Crippen molar-refractivity contribution in [3.05, 3.63) is 45.8 Å². The summed E-state index contributed by atoms with van der Waals surface area (Å²) in [6, 6.07) is 6.10. The number of amides is 1. The van der Waals surface area contributed by atoms with Gasteiger partial charge in [0.05, 0.1) is 18.1 Å². The minimum atomic E-state index is -0.169. The molecule has 4 rings (SSSR count). The summed E-state index contributed by atoms with van der Waals surface area (Å²) in [7, 11) is 1.77. The van der Waals surface area contributed by atoms with E-state index < -0.39 is 0 Å². The maximum absolute atomic E-state index is 12.8. The fraction of sp³-hybridized carbons (Fsp3) is 0.409. The highest BCUT2D eigenvalue weighted by atomic mass is 32.1. The summed E-state index contributed by atoms with van der Waals surface area (Å²) < 4.78 is 8.32. The number of thiophene rings is 1. The number of aromatic nitrogens is 2. The topological polar surface area (TPSA) is 76.5 Å². The minimum absolute atomic E-state index is 0.00390. The van der Waals surface area contributed by atoms with Crippen LogP contribution in [0, 0.1) is 0 Å². The van der Waals surface area contributed by atoms with Crippen molar-refractivity contribution in [3.8, 4) is 11.1 Å². The molecule has 0 radical (unpaired) electrons. The van der Waals surface area contributed by atoms with Crippen molar-refractivity contribution >= 4 is 33.1 Å². The lowest BCUT2D eigenvalue weighted by Gasteiger charge is -2.36. The minimum Gasteiger partial charge on any atom is -0.376 e. The van der Waals surface area contributed by atoms with Gasteiger partial charge in [0, 0.05) is 60.6 Å². The number of nitrogens with zero attached hydrogens (tertiary/aromatic N) is 3. The first-order chi connectivity index (χ1) is 14.3. The van der Waals surface area contributed by atoms with Crippen LogP contribution in [0.2, 0.25) is 0 Å². The Morgan fingerprint density at radius 3 is 2.93 bits per heavy atom. The van der Waals surface area contributed by atoms with Crippen LogP contribution in [0.15, 0.2) is 35.4 Å². The fourth-order valence-corrected chi connectivity index (χ4v) is 5.03. The Labute approximate surface area is 179 Å². The summed E-state index contributed by atoms with van der Waals surface area (Å²) >= 11 is 1.65. The average molecular weight is 427 g/mol. The monoisotopic (exact) mass is 426 g/mol. The Hall–Kier alpha value is -2.55. The SMILES string of the molecule is CC(=O)Nc1cc(-c2cn(C)c(=O)c3cc(CN4CC(C)OCC4C)sc23)ccn1. The lowest BCUT2D eigenvalue weighted by molar-refractivity contribution is -0.114. The van der Waals surface area contributed by atoms with Crippen LogP contribution < -0.4 is 10.9 Å². The highest BCUT2D eigenvalue weighted by Crippen LogP contribution is 2.34. The summed E-state index contributed by atoms with van der Waals surface area (Å²) in [4.78, 5) is 32.0. The molecule has 4 heterocycles. The molecule has 2 unspecified atom stereocenters. The Morgan fingerprint density at radius 1 is 1.37 bits per heavy atom. The number of aryl methyl sites for hydroxylation is 1. The first-order valence-electron chi connectivity index (χ1n) is 10.0. The first kappa shape index (κ1) is 20.7. The van der Waals surface area contributed by atoms with Crippen molar-refractivity contribution in [2.45, 2.75) is 39.5 Å². The number of ether oxygens (including phenoxy) is 1. The van der Waals surface area contributed by atoms with E-state index in [2.05, 4.69) is 29.0 Å². The molecule has 30 heavy (non-hydrogen) atoms. The molecule has 1 fully saturated rings. The summed E-state index contributed by atoms with van der Waals surface area (Å²) in [6.45, 7) is 8.12. The molecular formula is C22H26N4O3S. The number of nitrogens with one attached hydrogen (secondary N) is 1. The second-order valence-electron chi connectivity index (χ2n) is 7.95. The number of fused-ring (bicyclic) bond motifs is 1. The van der Waals surface area contributed by atoms with Crippen molar-refractivity contribution in [3.63, 3.8) is 0 Å². The summed E-state index contributed by atoms with van der Waals surface area (Å²) in [5, 5.41) is 3.45. The van der Waals surface area contributed by atoms with E-state index in [-0.39, 0.29) is 17.6 Å². The van der Waals surface area contributed by atoms with Gasteiger partial charge in [-0.25, -0.2) is 4.98 Å². The van der Waals surface area contributed by atoms with Gasteiger partial charge in [0.15, 0.2) is 0 Å². The third-order valence-electron chi connectivity index (χ3n) is 5.37. The summed E-state index contributed by atoms with van der Waals surface area (Å²) in [5.41, 5.74) is 1.87. The number of morpholine rings is 1. The van der Waals surface area contributed by atoms with Gasteiger partial charge in [-0.15, -0.1) is 11.3 Å². The molecule has 1 amide bonds. The highest BCUT2D eigenvalue weighted by Gasteiger charge is 2.24. The number of hydrogen-bond acceptors (Lipinski definition) is 6. The molecule has 0 aliphatic carbocycles. The van der Waals surface area contributed by atoms with Gasteiger partial charge >= 0.3 is 0 Å². The molecule has 8 heteroatoms. The molecule has 1 saturated heterocycles. The molecule has 0 spiro atoms. The predicted octanol–water partition coefficient (Wildman–Crippen LogP) is 3.23. The van der Waals surface area contributed by atoms with Gasteiger partial charge in [-0.1, -0.05) is 0 Å². The maximum Gasteiger partial charge on any atom is 0.259 e. The lowest BCUT2D eigenvalue weighted by Crippen LogP contribution is -2.46. The quantitative estimate of drug-likeness (QED) is 0.693. The van der Waals surface area contributed by atoms with Crippen molar-refractivity contribution in [2.75, 3.05) is 18.5 Å².